The molecule has 0 saturated heterocycles. The number of methoxy groups -OCH3 is 1. The number of hydrogen-bond donors (Lipinski definition) is 3. The number of esters is 1. The number of ether oxygens (including phenoxy) is 3. The highest BCUT2D eigenvalue weighted by atomic mass is 16.5. The smallest absolute Gasteiger partial charge is 0.305 e. The van der Waals surface area contributed by atoms with Crippen LogP contribution in [-0.4, -0.2) is 57.5 Å². The lowest BCUT2D eigenvalue weighted by Crippen LogP contribution is -2.41. The first-order chi connectivity index (χ1) is 19.7. The van der Waals surface area contributed by atoms with Gasteiger partial charge < -0.3 is 35.1 Å². The normalized spacial score (nSPS) is 14.2. The van der Waals surface area contributed by atoms with E-state index in [2.05, 4.69) is 20.7 Å². The van der Waals surface area contributed by atoms with Crippen LogP contribution in [0.3, 0.4) is 0 Å². The molecule has 0 bridgehead atoms. The van der Waals surface area contributed by atoms with Crippen LogP contribution in [-0.2, 0) is 30.5 Å². The molecule has 0 fully saturated rings. The molecular weight excluding hydrogens is 528 g/mol. The predicted octanol–water partition coefficient (Wildman–Crippen LogP) is 3.70. The average molecular weight is 561 g/mol. The van der Waals surface area contributed by atoms with Crippen LogP contribution in [0.1, 0.15) is 28.8 Å². The Kier molecular flexibility index (Phi) is 9.54. The molecule has 11 heteroatoms. The van der Waals surface area contributed by atoms with Gasteiger partial charge in [-0.1, -0.05) is 36.4 Å². The highest BCUT2D eigenvalue weighted by Gasteiger charge is 2.30. The van der Waals surface area contributed by atoms with E-state index < -0.39 is 29.7 Å². The lowest BCUT2D eigenvalue weighted by molar-refractivity contribution is -0.140. The summed E-state index contributed by atoms with van der Waals surface area (Å²) in [6, 6.07) is 18.7. The van der Waals surface area contributed by atoms with E-state index >= 15 is 0 Å². The molecule has 0 unspecified atom stereocenters. The summed E-state index contributed by atoms with van der Waals surface area (Å²) in [5.74, 6) is -1.33. The van der Waals surface area contributed by atoms with Gasteiger partial charge in [0.1, 0.15) is 18.4 Å². The number of rotatable bonds is 11. The first-order valence-corrected chi connectivity index (χ1v) is 13.0. The Morgan fingerprint density at radius 1 is 1.00 bits per heavy atom. The molecule has 3 amide bonds. The van der Waals surface area contributed by atoms with Crippen molar-refractivity contribution in [2.75, 3.05) is 43.3 Å². The molecule has 3 aromatic carbocycles. The summed E-state index contributed by atoms with van der Waals surface area (Å²) >= 11 is 0. The van der Waals surface area contributed by atoms with E-state index in [1.165, 1.54) is 19.2 Å². The first-order valence-electron chi connectivity index (χ1n) is 13.0. The van der Waals surface area contributed by atoms with E-state index in [9.17, 15) is 19.2 Å². The van der Waals surface area contributed by atoms with Crippen molar-refractivity contribution in [3.63, 3.8) is 0 Å². The third-order valence-corrected chi connectivity index (χ3v) is 6.29. The summed E-state index contributed by atoms with van der Waals surface area (Å²) < 4.78 is 16.3. The van der Waals surface area contributed by atoms with Gasteiger partial charge >= 0.3 is 5.97 Å². The van der Waals surface area contributed by atoms with Crippen molar-refractivity contribution in [2.24, 2.45) is 0 Å². The molecule has 41 heavy (non-hydrogen) atoms. The number of anilines is 3. The Morgan fingerprint density at radius 2 is 1.78 bits per heavy atom. The Labute approximate surface area is 237 Å². The second-order valence-electron chi connectivity index (χ2n) is 9.54. The molecule has 1 heterocycles. The minimum atomic E-state index is -0.959. The van der Waals surface area contributed by atoms with Crippen LogP contribution < -0.4 is 25.6 Å². The molecule has 3 N–H and O–H groups in total. The van der Waals surface area contributed by atoms with Crippen LogP contribution in [0.15, 0.2) is 66.7 Å². The number of hydrogen-bond acceptors (Lipinski definition) is 8. The maximum Gasteiger partial charge on any atom is 0.305 e. The summed E-state index contributed by atoms with van der Waals surface area (Å²) in [5, 5.41) is 8.14. The number of amides is 3. The molecule has 1 atom stereocenters. The van der Waals surface area contributed by atoms with E-state index in [1.807, 2.05) is 67.5 Å². The van der Waals surface area contributed by atoms with E-state index in [1.54, 1.807) is 6.07 Å². The van der Waals surface area contributed by atoms with Crippen molar-refractivity contribution in [3.05, 3.63) is 77.9 Å². The van der Waals surface area contributed by atoms with Gasteiger partial charge in [0, 0.05) is 32.3 Å². The minimum absolute atomic E-state index is 0.0495. The van der Waals surface area contributed by atoms with Crippen molar-refractivity contribution < 1.29 is 33.4 Å². The largest absolute Gasteiger partial charge is 0.469 e. The van der Waals surface area contributed by atoms with Gasteiger partial charge in [-0.25, -0.2) is 0 Å². The number of carbonyl (C=O) groups excluding carboxylic acids is 4. The molecule has 0 radical (unpaired) electrons. The van der Waals surface area contributed by atoms with E-state index in [0.29, 0.717) is 5.75 Å². The van der Waals surface area contributed by atoms with E-state index in [-0.39, 0.29) is 48.7 Å². The molecule has 3 aromatic rings. The molecule has 11 nitrogen and oxygen atoms in total. The lowest BCUT2D eigenvalue weighted by Gasteiger charge is -2.17. The molecule has 4 rings (SSSR count). The summed E-state index contributed by atoms with van der Waals surface area (Å²) in [7, 11) is 5.04. The van der Waals surface area contributed by atoms with Gasteiger partial charge in [0.05, 0.1) is 30.7 Å². The average Bonchev–Trinajstić information content (AvgIpc) is 3.07. The third-order valence-electron chi connectivity index (χ3n) is 6.29. The van der Waals surface area contributed by atoms with Crippen LogP contribution in [0.4, 0.5) is 17.1 Å². The van der Waals surface area contributed by atoms with Gasteiger partial charge in [-0.15, -0.1) is 0 Å². The van der Waals surface area contributed by atoms with Crippen LogP contribution in [0.25, 0.3) is 0 Å². The quantitative estimate of drug-likeness (QED) is 0.302. The van der Waals surface area contributed by atoms with Gasteiger partial charge in [0.25, 0.3) is 5.91 Å². The van der Waals surface area contributed by atoms with Gasteiger partial charge in [0.15, 0.2) is 5.75 Å². The number of nitrogens with one attached hydrogen (secondary N) is 3. The zero-order valence-electron chi connectivity index (χ0n) is 23.1. The number of carbonyl (C=O) groups is 4. The maximum absolute atomic E-state index is 13.1. The predicted molar refractivity (Wildman–Crippen MR) is 153 cm³/mol. The summed E-state index contributed by atoms with van der Waals surface area (Å²) in [6.45, 7) is 0.0201. The molecule has 0 aromatic heterocycles. The van der Waals surface area contributed by atoms with Gasteiger partial charge in [-0.3, -0.25) is 19.2 Å². The van der Waals surface area contributed by atoms with Crippen LogP contribution in [0, 0.1) is 0 Å². The third kappa shape index (κ3) is 7.83. The second kappa shape index (κ2) is 13.4. The topological polar surface area (TPSA) is 135 Å². The summed E-state index contributed by atoms with van der Waals surface area (Å²) in [4.78, 5) is 52.4. The van der Waals surface area contributed by atoms with Crippen LogP contribution in [0.5, 0.6) is 11.5 Å². The van der Waals surface area contributed by atoms with Crippen LogP contribution >= 0.6 is 0 Å². The summed E-state index contributed by atoms with van der Waals surface area (Å²) in [5.41, 5.74) is 2.36. The fraction of sp³-hybridized carbons (Fsp3) is 0.267. The Bertz CT molecular complexity index is 1430. The molecule has 0 aliphatic carbocycles. The van der Waals surface area contributed by atoms with Crippen molar-refractivity contribution in [2.45, 2.75) is 25.5 Å². The lowest BCUT2D eigenvalue weighted by atomic mass is 10.1. The zero-order chi connectivity index (χ0) is 29.4. The summed E-state index contributed by atoms with van der Waals surface area (Å²) in [6.07, 6.45) is 0.00729. The van der Waals surface area contributed by atoms with Crippen LogP contribution in [0.2, 0.25) is 0 Å². The standard InChI is InChI=1S/C30H32N4O7/c1-34(2)20-10-7-11-21(14-20)41-26-15-22-24(33-30(38)23(32-29(22)37)12-13-28(36)39-3)16-25(26)31-27(35)18-40-17-19-8-5-4-6-9-19/h4-11,14-16,23H,12-13,17-18H2,1-3H3,(H,31,35)(H,32,37)(H,33,38)/t23-/m0/s1. The molecule has 214 valence electrons. The SMILES string of the molecule is COC(=O)CC[C@@H]1NC(=O)c2cc(Oc3cccc(N(C)C)c3)c(NC(=O)COCc3ccccc3)cc2NC1=O. The first kappa shape index (κ1) is 29.1. The van der Waals surface area contributed by atoms with Crippen molar-refractivity contribution >= 4 is 40.8 Å². The zero-order valence-corrected chi connectivity index (χ0v) is 23.1. The monoisotopic (exact) mass is 560 g/mol. The van der Waals surface area contributed by atoms with Gasteiger partial charge in [-0.2, -0.15) is 0 Å². The molecule has 0 spiro atoms. The van der Waals surface area contributed by atoms with Gasteiger partial charge in [0.2, 0.25) is 11.8 Å². The fourth-order valence-corrected chi connectivity index (χ4v) is 4.12. The molecular formula is C30H32N4O7. The number of benzene rings is 3. The van der Waals surface area contributed by atoms with Crippen molar-refractivity contribution in [1.29, 1.82) is 0 Å². The van der Waals surface area contributed by atoms with Crippen molar-refractivity contribution in [3.8, 4) is 11.5 Å². The van der Waals surface area contributed by atoms with E-state index in [4.69, 9.17) is 9.47 Å². The van der Waals surface area contributed by atoms with Crippen molar-refractivity contribution in [1.82, 2.24) is 5.32 Å². The number of nitrogens with zero attached hydrogens (tertiary/aromatic N) is 1. The van der Waals surface area contributed by atoms with E-state index in [0.717, 1.165) is 11.3 Å². The molecule has 1 aliphatic heterocycles. The Morgan fingerprint density at radius 3 is 2.51 bits per heavy atom. The minimum Gasteiger partial charge on any atom is -0.469 e. The second-order valence-corrected chi connectivity index (χ2v) is 9.54. The Balaban J connectivity index is 1.59. The highest BCUT2D eigenvalue weighted by molar-refractivity contribution is 6.11. The molecule has 0 saturated carbocycles. The van der Waals surface area contributed by atoms with Gasteiger partial charge in [-0.05, 0) is 36.2 Å². The Hall–Kier alpha value is -4.90. The molecule has 1 aliphatic rings. The fourth-order valence-electron chi connectivity index (χ4n) is 4.12. The maximum atomic E-state index is 13.1. The highest BCUT2D eigenvalue weighted by Crippen LogP contribution is 2.37. The number of fused-ring (bicyclic) bond motifs is 1.